The molecule has 3 amide bonds. The van der Waals surface area contributed by atoms with Crippen molar-refractivity contribution in [3.05, 3.63) is 75.9 Å². The first-order valence-corrected chi connectivity index (χ1v) is 15.1. The van der Waals surface area contributed by atoms with Gasteiger partial charge < -0.3 is 20.2 Å². The third-order valence-electron chi connectivity index (χ3n) is 8.16. The number of amides is 3. The van der Waals surface area contributed by atoms with Gasteiger partial charge in [0.15, 0.2) is 0 Å². The Hall–Kier alpha value is -3.56. The smallest absolute Gasteiger partial charge is 0.255 e. The van der Waals surface area contributed by atoms with E-state index in [9.17, 15) is 19.5 Å². The molecule has 2 aliphatic heterocycles. The molecule has 216 valence electrons. The van der Waals surface area contributed by atoms with Gasteiger partial charge in [-0.3, -0.25) is 14.4 Å². The number of likely N-dealkylation sites (tertiary alicyclic amines) is 1. The lowest BCUT2D eigenvalue weighted by atomic mass is 9.94. The first kappa shape index (κ1) is 29.0. The number of fused-ring (bicyclic) bond motifs is 1. The number of aromatic nitrogens is 1. The number of β-amino-alcohol motifs (C(OH)–C–C–N with tert-alkyl or cyclic N) is 1. The molecule has 1 saturated heterocycles. The number of aliphatic hydroxyl groups is 1. The molecule has 0 saturated carbocycles. The minimum Gasteiger partial charge on any atom is -0.391 e. The SMILES string of the molecule is Cc1ncsc1-c1ccc(CNC(=O)[C@@H]2C[C@@H](O)CN2C(=O)[C@H](C(C)C)N2Cc3ccccc3C2=O)c(C(C)C)c1. The minimum atomic E-state index is -0.805. The van der Waals surface area contributed by atoms with Gasteiger partial charge in [0.2, 0.25) is 11.8 Å². The summed E-state index contributed by atoms with van der Waals surface area (Å²) in [6.45, 7) is 10.8. The molecule has 0 bridgehead atoms. The highest BCUT2D eigenvalue weighted by Gasteiger charge is 2.45. The van der Waals surface area contributed by atoms with Crippen molar-refractivity contribution in [2.45, 2.75) is 78.2 Å². The normalized spacial score (nSPS) is 19.3. The highest BCUT2D eigenvalue weighted by molar-refractivity contribution is 7.13. The van der Waals surface area contributed by atoms with Crippen LogP contribution in [0.1, 0.15) is 72.8 Å². The van der Waals surface area contributed by atoms with Crippen LogP contribution in [0, 0.1) is 12.8 Å². The molecule has 1 fully saturated rings. The predicted molar refractivity (Wildman–Crippen MR) is 159 cm³/mol. The van der Waals surface area contributed by atoms with E-state index in [2.05, 4.69) is 36.3 Å². The number of carbonyl (C=O) groups excluding carboxylic acids is 3. The Labute approximate surface area is 245 Å². The highest BCUT2D eigenvalue weighted by Crippen LogP contribution is 2.32. The maximum atomic E-state index is 14.0. The van der Waals surface area contributed by atoms with Crippen LogP contribution in [0.15, 0.2) is 48.0 Å². The quantitative estimate of drug-likeness (QED) is 0.413. The summed E-state index contributed by atoms with van der Waals surface area (Å²) < 4.78 is 0. The molecule has 1 aromatic heterocycles. The maximum Gasteiger partial charge on any atom is 0.255 e. The van der Waals surface area contributed by atoms with E-state index in [-0.39, 0.29) is 42.5 Å². The van der Waals surface area contributed by atoms with E-state index in [0.717, 1.165) is 32.8 Å². The zero-order valence-electron chi connectivity index (χ0n) is 24.3. The maximum absolute atomic E-state index is 14.0. The highest BCUT2D eigenvalue weighted by atomic mass is 32.1. The third-order valence-corrected chi connectivity index (χ3v) is 9.14. The summed E-state index contributed by atoms with van der Waals surface area (Å²) in [5, 5.41) is 13.6. The van der Waals surface area contributed by atoms with Crippen LogP contribution in [-0.4, -0.2) is 62.3 Å². The molecule has 0 aliphatic carbocycles. The first-order chi connectivity index (χ1) is 19.6. The van der Waals surface area contributed by atoms with Crippen molar-refractivity contribution in [2.24, 2.45) is 5.92 Å². The van der Waals surface area contributed by atoms with Crippen LogP contribution in [-0.2, 0) is 22.7 Å². The largest absolute Gasteiger partial charge is 0.391 e. The number of hydrogen-bond acceptors (Lipinski definition) is 6. The van der Waals surface area contributed by atoms with E-state index in [1.165, 1.54) is 4.90 Å². The second kappa shape index (κ2) is 11.7. The minimum absolute atomic E-state index is 0.0647. The molecule has 3 aromatic rings. The Morgan fingerprint density at radius 2 is 1.90 bits per heavy atom. The lowest BCUT2D eigenvalue weighted by molar-refractivity contribution is -0.143. The molecular weight excluding hydrogens is 536 g/mol. The van der Waals surface area contributed by atoms with Crippen molar-refractivity contribution in [2.75, 3.05) is 6.54 Å². The number of benzene rings is 2. The van der Waals surface area contributed by atoms with Crippen molar-refractivity contribution in [1.82, 2.24) is 20.1 Å². The monoisotopic (exact) mass is 574 g/mol. The summed E-state index contributed by atoms with van der Waals surface area (Å²) >= 11 is 1.61. The van der Waals surface area contributed by atoms with Crippen molar-refractivity contribution < 1.29 is 19.5 Å². The van der Waals surface area contributed by atoms with Crippen LogP contribution >= 0.6 is 11.3 Å². The molecule has 2 aliphatic rings. The topological polar surface area (TPSA) is 103 Å². The Balaban J connectivity index is 1.32. The fraction of sp³-hybridized carbons (Fsp3) is 0.438. The molecule has 9 heteroatoms. The van der Waals surface area contributed by atoms with Gasteiger partial charge in [0, 0.05) is 31.6 Å². The second-order valence-corrected chi connectivity index (χ2v) is 12.6. The molecule has 41 heavy (non-hydrogen) atoms. The molecule has 3 atom stereocenters. The van der Waals surface area contributed by atoms with E-state index in [1.54, 1.807) is 22.3 Å². The van der Waals surface area contributed by atoms with Gasteiger partial charge >= 0.3 is 0 Å². The molecule has 8 nitrogen and oxygen atoms in total. The Morgan fingerprint density at radius 3 is 2.56 bits per heavy atom. The third kappa shape index (κ3) is 5.65. The Bertz CT molecular complexity index is 1470. The van der Waals surface area contributed by atoms with Crippen LogP contribution in [0.2, 0.25) is 0 Å². The molecule has 5 rings (SSSR count). The van der Waals surface area contributed by atoms with Crippen LogP contribution in [0.5, 0.6) is 0 Å². The predicted octanol–water partition coefficient (Wildman–Crippen LogP) is 4.50. The number of aliphatic hydroxyl groups excluding tert-OH is 1. The standard InChI is InChI=1S/C32H38N4O4S/c1-18(2)26-12-21(29-20(5)34-17-41-29)10-11-22(26)14-33-30(38)27-13-24(37)16-35(27)32(40)28(19(3)4)36-15-23-8-6-7-9-25(23)31(36)39/h6-12,17-19,24,27-28,37H,13-16H2,1-5H3,(H,33,38)/t24-,27+,28+/m1/s1. The summed E-state index contributed by atoms with van der Waals surface area (Å²) in [6, 6.07) is 12.1. The average Bonchev–Trinajstić information content (AvgIpc) is 3.64. The van der Waals surface area contributed by atoms with E-state index in [4.69, 9.17) is 0 Å². The summed E-state index contributed by atoms with van der Waals surface area (Å²) in [5.41, 5.74) is 7.60. The van der Waals surface area contributed by atoms with Crippen molar-refractivity contribution in [3.63, 3.8) is 0 Å². The lowest BCUT2D eigenvalue weighted by Gasteiger charge is -2.35. The zero-order valence-corrected chi connectivity index (χ0v) is 25.1. The lowest BCUT2D eigenvalue weighted by Crippen LogP contribution is -2.55. The summed E-state index contributed by atoms with van der Waals surface area (Å²) in [6.07, 6.45) is -0.640. The van der Waals surface area contributed by atoms with Crippen LogP contribution in [0.4, 0.5) is 0 Å². The fourth-order valence-electron chi connectivity index (χ4n) is 6.07. The second-order valence-electron chi connectivity index (χ2n) is 11.7. The molecule has 2 aromatic carbocycles. The van der Waals surface area contributed by atoms with Crippen LogP contribution in [0.3, 0.4) is 0 Å². The van der Waals surface area contributed by atoms with Gasteiger partial charge in [-0.1, -0.05) is 58.0 Å². The van der Waals surface area contributed by atoms with E-state index in [0.29, 0.717) is 18.7 Å². The van der Waals surface area contributed by atoms with Crippen molar-refractivity contribution in [3.8, 4) is 10.4 Å². The van der Waals surface area contributed by atoms with Gasteiger partial charge in [0.25, 0.3) is 5.91 Å². The number of aryl methyl sites for hydroxylation is 1. The van der Waals surface area contributed by atoms with Gasteiger partial charge in [-0.2, -0.15) is 0 Å². The number of nitrogens with one attached hydrogen (secondary N) is 1. The van der Waals surface area contributed by atoms with Gasteiger partial charge in [-0.05, 0) is 53.1 Å². The van der Waals surface area contributed by atoms with Crippen LogP contribution < -0.4 is 5.32 Å². The first-order valence-electron chi connectivity index (χ1n) is 14.2. The molecule has 0 spiro atoms. The summed E-state index contributed by atoms with van der Waals surface area (Å²) in [7, 11) is 0. The summed E-state index contributed by atoms with van der Waals surface area (Å²) in [4.78, 5) is 49.3. The van der Waals surface area contributed by atoms with E-state index >= 15 is 0 Å². The molecular formula is C32H38N4O4S. The van der Waals surface area contributed by atoms with Gasteiger partial charge in [-0.25, -0.2) is 4.98 Å². The van der Waals surface area contributed by atoms with E-state index < -0.39 is 18.2 Å². The molecule has 0 unspecified atom stereocenters. The fourth-order valence-corrected chi connectivity index (χ4v) is 6.87. The van der Waals surface area contributed by atoms with Crippen molar-refractivity contribution in [1.29, 1.82) is 0 Å². The van der Waals surface area contributed by atoms with E-state index in [1.807, 2.05) is 50.5 Å². The molecule has 3 heterocycles. The molecule has 2 N–H and O–H groups in total. The number of thiazole rings is 1. The molecule has 0 radical (unpaired) electrons. The number of hydrogen-bond donors (Lipinski definition) is 2. The number of rotatable bonds is 8. The number of nitrogens with zero attached hydrogens (tertiary/aromatic N) is 3. The van der Waals surface area contributed by atoms with Crippen molar-refractivity contribution >= 4 is 29.1 Å². The zero-order chi connectivity index (χ0) is 29.4. The summed E-state index contributed by atoms with van der Waals surface area (Å²) in [5.74, 6) is -0.700. The van der Waals surface area contributed by atoms with Gasteiger partial charge in [-0.15, -0.1) is 11.3 Å². The Kier molecular flexibility index (Phi) is 8.29. The van der Waals surface area contributed by atoms with Gasteiger partial charge in [0.05, 0.1) is 22.2 Å². The van der Waals surface area contributed by atoms with Crippen LogP contribution in [0.25, 0.3) is 10.4 Å². The number of carbonyl (C=O) groups is 3. The Morgan fingerprint density at radius 1 is 1.15 bits per heavy atom. The average molecular weight is 575 g/mol. The van der Waals surface area contributed by atoms with Gasteiger partial charge in [0.1, 0.15) is 12.1 Å².